The molecular weight excluding hydrogens is 576 g/mol. The van der Waals surface area contributed by atoms with Gasteiger partial charge in [0.05, 0.1) is 31.5 Å². The van der Waals surface area contributed by atoms with Gasteiger partial charge in [-0.05, 0) is 19.8 Å². The molecule has 3 saturated heterocycles. The van der Waals surface area contributed by atoms with Crippen molar-refractivity contribution in [2.24, 2.45) is 0 Å². The van der Waals surface area contributed by atoms with Crippen molar-refractivity contribution in [1.82, 2.24) is 0 Å². The molecule has 0 unspecified atom stereocenters. The van der Waals surface area contributed by atoms with E-state index in [2.05, 4.69) is 0 Å². The van der Waals surface area contributed by atoms with Crippen molar-refractivity contribution < 1.29 is 89.7 Å². The molecule has 3 heterocycles. The Labute approximate surface area is 239 Å². The minimum Gasteiger partial charge on any atom is -0.394 e. The number of hydrogen-bond acceptors (Lipinski definition) is 18. The Morgan fingerprint density at radius 1 is 0.500 bits per heavy atom. The lowest BCUT2D eigenvalue weighted by Gasteiger charge is -2.47. The highest BCUT2D eigenvalue weighted by Crippen LogP contribution is 2.34. The molecule has 18 nitrogen and oxygen atoms in total. The minimum absolute atomic E-state index is 0.0311. The molecule has 18 heteroatoms. The number of aliphatic hydroxyl groups is 12. The van der Waals surface area contributed by atoms with E-state index in [1.807, 2.05) is 0 Å². The van der Waals surface area contributed by atoms with E-state index in [0.717, 1.165) is 0 Å². The normalized spacial score (nSPS) is 54.1. The molecule has 1 saturated carbocycles. The van der Waals surface area contributed by atoms with Gasteiger partial charge in [-0.1, -0.05) is 0 Å². The van der Waals surface area contributed by atoms with Crippen LogP contribution in [0.1, 0.15) is 19.8 Å². The lowest BCUT2D eigenvalue weighted by atomic mass is 9.88. The molecule has 19 atom stereocenters. The van der Waals surface area contributed by atoms with E-state index < -0.39 is 130 Å². The SMILES string of the molecule is C[C@@H]1O[C@H](O)[C@H](O)[C@H](O)[C@H]1O[C@@H]1CC[C@@H](O[C@H]2O[C@@H](CO)[C@H](O[C@@H]3O[C@H](CO)[C@@H](O)[C@H](O)[C@@H]3O)[C@@H](O)[C@@H]2O)[C@H](O)[C@@H]1O. The van der Waals surface area contributed by atoms with Gasteiger partial charge in [-0.25, -0.2) is 0 Å². The molecule has 4 aliphatic rings. The Morgan fingerprint density at radius 2 is 1.00 bits per heavy atom. The van der Waals surface area contributed by atoms with Gasteiger partial charge in [-0.15, -0.1) is 0 Å². The minimum atomic E-state index is -1.84. The van der Waals surface area contributed by atoms with Crippen LogP contribution in [0.3, 0.4) is 0 Å². The Morgan fingerprint density at radius 3 is 1.60 bits per heavy atom. The summed E-state index contributed by atoms with van der Waals surface area (Å²) < 4.78 is 32.8. The largest absolute Gasteiger partial charge is 0.394 e. The summed E-state index contributed by atoms with van der Waals surface area (Å²) in [4.78, 5) is 0. The third-order valence-corrected chi connectivity index (χ3v) is 8.24. The Hall–Kier alpha value is -0.720. The second kappa shape index (κ2) is 14.1. The molecule has 1 aliphatic carbocycles. The summed E-state index contributed by atoms with van der Waals surface area (Å²) in [5, 5.41) is 122. The molecule has 0 amide bonds. The standard InChI is InChI=1S/C24H42O18/c1-6-20(15(31)17(33)22(36)37-6)38-7-2-3-8(12(28)11(7)27)39-23-19(35)16(32)21(10(5-26)41-23)42-24-18(34)14(30)13(29)9(4-25)40-24/h6-36H,2-5H2,1H3/t6-,7+,8+,9+,10-,11+,12-,13+,14-,15-,16-,17+,18-,19-,20-,21-,22-,23-,24-/m0/s1. The summed E-state index contributed by atoms with van der Waals surface area (Å²) in [6.07, 6.45) is -28.7. The van der Waals surface area contributed by atoms with E-state index in [-0.39, 0.29) is 12.8 Å². The molecule has 42 heavy (non-hydrogen) atoms. The first kappa shape index (κ1) is 34.2. The number of ether oxygens (including phenoxy) is 6. The fourth-order valence-corrected chi connectivity index (χ4v) is 5.66. The van der Waals surface area contributed by atoms with Gasteiger partial charge in [-0.2, -0.15) is 0 Å². The topological polar surface area (TPSA) is 298 Å². The maximum atomic E-state index is 10.8. The Bertz CT molecular complexity index is 850. The van der Waals surface area contributed by atoms with Crippen molar-refractivity contribution in [2.75, 3.05) is 13.2 Å². The molecule has 0 bridgehead atoms. The zero-order chi connectivity index (χ0) is 31.0. The molecule has 246 valence electrons. The first-order valence-electron chi connectivity index (χ1n) is 13.8. The van der Waals surface area contributed by atoms with Crippen LogP contribution in [-0.4, -0.2) is 191 Å². The van der Waals surface area contributed by atoms with Crippen LogP contribution in [0.4, 0.5) is 0 Å². The number of aliphatic hydroxyl groups excluding tert-OH is 12. The molecule has 0 radical (unpaired) electrons. The second-order valence-electron chi connectivity index (χ2n) is 11.1. The molecule has 4 fully saturated rings. The van der Waals surface area contributed by atoms with E-state index in [0.29, 0.717) is 0 Å². The van der Waals surface area contributed by atoms with Crippen LogP contribution in [0.5, 0.6) is 0 Å². The average molecular weight is 619 g/mol. The van der Waals surface area contributed by atoms with Gasteiger partial charge in [0.15, 0.2) is 18.9 Å². The van der Waals surface area contributed by atoms with Crippen molar-refractivity contribution in [3.05, 3.63) is 0 Å². The van der Waals surface area contributed by atoms with Crippen molar-refractivity contribution >= 4 is 0 Å². The first-order valence-corrected chi connectivity index (χ1v) is 13.8. The molecule has 0 aromatic carbocycles. The maximum absolute atomic E-state index is 10.8. The summed E-state index contributed by atoms with van der Waals surface area (Å²) >= 11 is 0. The lowest BCUT2D eigenvalue weighted by Crippen LogP contribution is -2.65. The van der Waals surface area contributed by atoms with Gasteiger partial charge in [0.1, 0.15) is 79.4 Å². The Balaban J connectivity index is 1.36. The molecular formula is C24H42O18. The molecule has 0 aromatic rings. The van der Waals surface area contributed by atoms with Gasteiger partial charge >= 0.3 is 0 Å². The molecule has 3 aliphatic heterocycles. The average Bonchev–Trinajstić information content (AvgIpc) is 2.97. The second-order valence-corrected chi connectivity index (χ2v) is 11.1. The first-order chi connectivity index (χ1) is 19.8. The summed E-state index contributed by atoms with van der Waals surface area (Å²) in [5.41, 5.74) is 0. The molecule has 0 spiro atoms. The van der Waals surface area contributed by atoms with Gasteiger partial charge < -0.3 is 89.7 Å². The van der Waals surface area contributed by atoms with Gasteiger partial charge in [0, 0.05) is 0 Å². The predicted octanol–water partition coefficient (Wildman–Crippen LogP) is -7.28. The summed E-state index contributed by atoms with van der Waals surface area (Å²) in [7, 11) is 0. The zero-order valence-electron chi connectivity index (χ0n) is 22.6. The maximum Gasteiger partial charge on any atom is 0.187 e. The van der Waals surface area contributed by atoms with Crippen molar-refractivity contribution in [1.29, 1.82) is 0 Å². The van der Waals surface area contributed by atoms with E-state index in [9.17, 15) is 61.3 Å². The highest BCUT2D eigenvalue weighted by Gasteiger charge is 2.52. The molecule has 4 rings (SSSR count). The fourth-order valence-electron chi connectivity index (χ4n) is 5.66. The van der Waals surface area contributed by atoms with Crippen LogP contribution in [0.25, 0.3) is 0 Å². The highest BCUT2D eigenvalue weighted by molar-refractivity contribution is 4.97. The third kappa shape index (κ3) is 6.76. The lowest BCUT2D eigenvalue weighted by molar-refractivity contribution is -0.367. The number of hydrogen-bond donors (Lipinski definition) is 12. The summed E-state index contributed by atoms with van der Waals surface area (Å²) in [6.45, 7) is -0.0428. The quantitative estimate of drug-likeness (QED) is 0.120. The van der Waals surface area contributed by atoms with E-state index in [4.69, 9.17) is 28.4 Å². The van der Waals surface area contributed by atoms with Crippen molar-refractivity contribution in [2.45, 2.75) is 136 Å². The van der Waals surface area contributed by atoms with E-state index in [1.165, 1.54) is 6.92 Å². The third-order valence-electron chi connectivity index (χ3n) is 8.24. The van der Waals surface area contributed by atoms with Gasteiger partial charge in [0.25, 0.3) is 0 Å². The van der Waals surface area contributed by atoms with Crippen LogP contribution >= 0.6 is 0 Å². The van der Waals surface area contributed by atoms with Crippen LogP contribution in [0, 0.1) is 0 Å². The van der Waals surface area contributed by atoms with Crippen LogP contribution < -0.4 is 0 Å². The molecule has 12 N–H and O–H groups in total. The highest BCUT2D eigenvalue weighted by atomic mass is 16.7. The summed E-state index contributed by atoms with van der Waals surface area (Å²) in [6, 6.07) is 0. The van der Waals surface area contributed by atoms with Gasteiger partial charge in [0.2, 0.25) is 0 Å². The zero-order valence-corrected chi connectivity index (χ0v) is 22.6. The fraction of sp³-hybridized carbons (Fsp3) is 1.00. The Kier molecular flexibility index (Phi) is 11.5. The van der Waals surface area contributed by atoms with Crippen LogP contribution in [-0.2, 0) is 28.4 Å². The van der Waals surface area contributed by atoms with Crippen LogP contribution in [0.15, 0.2) is 0 Å². The van der Waals surface area contributed by atoms with E-state index >= 15 is 0 Å². The van der Waals surface area contributed by atoms with Gasteiger partial charge in [-0.3, -0.25) is 0 Å². The predicted molar refractivity (Wildman–Crippen MR) is 130 cm³/mol. The smallest absolute Gasteiger partial charge is 0.187 e. The van der Waals surface area contributed by atoms with Crippen molar-refractivity contribution in [3.63, 3.8) is 0 Å². The molecule has 0 aromatic heterocycles. The van der Waals surface area contributed by atoms with Crippen LogP contribution in [0.2, 0.25) is 0 Å². The van der Waals surface area contributed by atoms with E-state index in [1.54, 1.807) is 0 Å². The number of rotatable bonds is 8. The summed E-state index contributed by atoms with van der Waals surface area (Å²) in [5.74, 6) is 0. The van der Waals surface area contributed by atoms with Crippen molar-refractivity contribution in [3.8, 4) is 0 Å². The monoisotopic (exact) mass is 618 g/mol.